The molecule has 2 fully saturated rings. The number of hydrogen-bond donors (Lipinski definition) is 0. The van der Waals surface area contributed by atoms with Crippen LogP contribution in [0.2, 0.25) is 5.02 Å². The third-order valence-electron chi connectivity index (χ3n) is 5.50. The molecule has 7 nitrogen and oxygen atoms in total. The van der Waals surface area contributed by atoms with Gasteiger partial charge in [-0.05, 0) is 29.3 Å². The van der Waals surface area contributed by atoms with Crippen molar-refractivity contribution in [2.75, 3.05) is 25.7 Å². The maximum absolute atomic E-state index is 12.8. The molecule has 0 aromatic heterocycles. The van der Waals surface area contributed by atoms with Gasteiger partial charge in [-0.2, -0.15) is 4.99 Å². The van der Waals surface area contributed by atoms with Crippen molar-refractivity contribution in [2.24, 2.45) is 4.99 Å². The first-order valence-electron chi connectivity index (χ1n) is 9.99. The Balaban J connectivity index is 1.57. The molecule has 2 heterocycles. The molecule has 2 aromatic rings. The number of rotatable bonds is 6. The summed E-state index contributed by atoms with van der Waals surface area (Å²) in [4.78, 5) is 19.1. The standard InChI is InChI=1S/C22H23ClN2O5S2/c1-29-18-8-7-14(9-19(18)30-2)10-21(26)24-22-25(11-15-5-3-4-6-16(15)23)17-12-32(27,28)13-20(17)31-22/h3-9,17,20H,10-13H2,1-2H3/t17-,20+/m1/s1. The van der Waals surface area contributed by atoms with E-state index in [1.54, 1.807) is 31.4 Å². The molecule has 10 heteroatoms. The van der Waals surface area contributed by atoms with Crippen LogP contribution in [0.25, 0.3) is 0 Å². The van der Waals surface area contributed by atoms with Crippen LogP contribution in [0.5, 0.6) is 11.5 Å². The number of carbonyl (C=O) groups is 1. The summed E-state index contributed by atoms with van der Waals surface area (Å²) in [5, 5.41) is 0.994. The van der Waals surface area contributed by atoms with Crippen molar-refractivity contribution in [3.05, 3.63) is 58.6 Å². The fourth-order valence-electron chi connectivity index (χ4n) is 3.94. The van der Waals surface area contributed by atoms with Crippen LogP contribution in [0, 0.1) is 0 Å². The van der Waals surface area contributed by atoms with Gasteiger partial charge in [-0.3, -0.25) is 4.79 Å². The summed E-state index contributed by atoms with van der Waals surface area (Å²) in [6.07, 6.45) is 0.0952. The maximum atomic E-state index is 12.8. The molecule has 170 valence electrons. The SMILES string of the molecule is COc1ccc(CC(=O)N=C2S[C@H]3CS(=O)(=O)C[C@H]3N2Cc2ccccc2Cl)cc1OC. The van der Waals surface area contributed by atoms with Crippen LogP contribution in [-0.4, -0.2) is 61.4 Å². The highest BCUT2D eigenvalue weighted by Gasteiger charge is 2.48. The van der Waals surface area contributed by atoms with Crippen LogP contribution >= 0.6 is 23.4 Å². The predicted molar refractivity (Wildman–Crippen MR) is 127 cm³/mol. The summed E-state index contributed by atoms with van der Waals surface area (Å²) in [5.41, 5.74) is 1.61. The molecule has 1 amide bonds. The van der Waals surface area contributed by atoms with Gasteiger partial charge in [0.15, 0.2) is 26.5 Å². The number of aliphatic imine (C=N–C) groups is 1. The zero-order chi connectivity index (χ0) is 22.9. The van der Waals surface area contributed by atoms with Crippen molar-refractivity contribution >= 4 is 44.3 Å². The molecule has 2 saturated heterocycles. The Bertz CT molecular complexity index is 1170. The van der Waals surface area contributed by atoms with Crippen molar-refractivity contribution in [1.29, 1.82) is 0 Å². The number of hydrogen-bond acceptors (Lipinski definition) is 6. The minimum atomic E-state index is -3.12. The molecular weight excluding hydrogens is 472 g/mol. The second kappa shape index (κ2) is 9.33. The minimum Gasteiger partial charge on any atom is -0.493 e. The number of benzene rings is 2. The maximum Gasteiger partial charge on any atom is 0.252 e. The van der Waals surface area contributed by atoms with E-state index >= 15 is 0 Å². The molecule has 0 unspecified atom stereocenters. The van der Waals surface area contributed by atoms with E-state index in [9.17, 15) is 13.2 Å². The molecule has 32 heavy (non-hydrogen) atoms. The van der Waals surface area contributed by atoms with Crippen LogP contribution in [-0.2, 0) is 27.6 Å². The number of sulfone groups is 1. The third-order valence-corrected chi connectivity index (χ3v) is 9.11. The molecule has 2 aromatic carbocycles. The molecule has 0 radical (unpaired) electrons. The molecule has 0 N–H and O–H groups in total. The van der Waals surface area contributed by atoms with E-state index in [0.29, 0.717) is 28.2 Å². The van der Waals surface area contributed by atoms with Crippen molar-refractivity contribution in [2.45, 2.75) is 24.3 Å². The monoisotopic (exact) mass is 494 g/mol. The molecule has 2 atom stereocenters. The molecule has 2 aliphatic heterocycles. The second-order valence-electron chi connectivity index (χ2n) is 7.67. The molecule has 0 spiro atoms. The number of carbonyl (C=O) groups excluding carboxylic acids is 1. The lowest BCUT2D eigenvalue weighted by molar-refractivity contribution is -0.117. The van der Waals surface area contributed by atoms with Crippen molar-refractivity contribution < 1.29 is 22.7 Å². The Kier molecular flexibility index (Phi) is 6.69. The van der Waals surface area contributed by atoms with E-state index in [1.165, 1.54) is 18.9 Å². The predicted octanol–water partition coefficient (Wildman–Crippen LogP) is 3.20. The Hall–Kier alpha value is -2.23. The van der Waals surface area contributed by atoms with Gasteiger partial charge in [0, 0.05) is 16.8 Å². The van der Waals surface area contributed by atoms with Crippen molar-refractivity contribution in [3.8, 4) is 11.5 Å². The van der Waals surface area contributed by atoms with Crippen LogP contribution in [0.4, 0.5) is 0 Å². The first-order valence-corrected chi connectivity index (χ1v) is 13.1. The normalized spacial score (nSPS) is 22.7. The number of methoxy groups -OCH3 is 2. The van der Waals surface area contributed by atoms with Crippen molar-refractivity contribution in [3.63, 3.8) is 0 Å². The molecule has 0 aliphatic carbocycles. The smallest absolute Gasteiger partial charge is 0.252 e. The summed E-state index contributed by atoms with van der Waals surface area (Å²) in [7, 11) is -0.0246. The number of halogens is 1. The fraction of sp³-hybridized carbons (Fsp3) is 0.364. The van der Waals surface area contributed by atoms with E-state index in [0.717, 1.165) is 11.1 Å². The number of fused-ring (bicyclic) bond motifs is 1. The highest BCUT2D eigenvalue weighted by Crippen LogP contribution is 2.39. The lowest BCUT2D eigenvalue weighted by Crippen LogP contribution is -2.37. The molecular formula is C22H23ClN2O5S2. The summed E-state index contributed by atoms with van der Waals surface area (Å²) in [5.74, 6) is 0.955. The fourth-order valence-corrected chi connectivity index (χ4v) is 8.11. The quantitative estimate of drug-likeness (QED) is 0.609. The Morgan fingerprint density at radius 3 is 2.62 bits per heavy atom. The van der Waals surface area contributed by atoms with Gasteiger partial charge in [0.25, 0.3) is 5.91 Å². The lowest BCUT2D eigenvalue weighted by Gasteiger charge is -2.25. The minimum absolute atomic E-state index is 0.0536. The topological polar surface area (TPSA) is 85.3 Å². The van der Waals surface area contributed by atoms with Crippen LogP contribution in [0.3, 0.4) is 0 Å². The first kappa shape index (κ1) is 22.9. The van der Waals surface area contributed by atoms with E-state index in [-0.39, 0.29) is 35.1 Å². The zero-order valence-corrected chi connectivity index (χ0v) is 20.0. The molecule has 2 aliphatic rings. The Labute approximate surface area is 196 Å². The van der Waals surface area contributed by atoms with Gasteiger partial charge >= 0.3 is 0 Å². The molecule has 0 bridgehead atoms. The summed E-state index contributed by atoms with van der Waals surface area (Å²) in [6, 6.07) is 12.5. The Morgan fingerprint density at radius 2 is 1.91 bits per heavy atom. The highest BCUT2D eigenvalue weighted by atomic mass is 35.5. The van der Waals surface area contributed by atoms with Gasteiger partial charge in [-0.1, -0.05) is 47.6 Å². The van der Waals surface area contributed by atoms with Gasteiger partial charge in [0.2, 0.25) is 0 Å². The largest absolute Gasteiger partial charge is 0.493 e. The molecule has 0 saturated carbocycles. The second-order valence-corrected chi connectivity index (χ2v) is 11.4. The van der Waals surface area contributed by atoms with Crippen LogP contribution < -0.4 is 9.47 Å². The average molecular weight is 495 g/mol. The number of amidine groups is 1. The number of nitrogens with zero attached hydrogens (tertiary/aromatic N) is 2. The van der Waals surface area contributed by atoms with Crippen LogP contribution in [0.15, 0.2) is 47.5 Å². The van der Waals surface area contributed by atoms with E-state index < -0.39 is 9.84 Å². The molecule has 4 rings (SSSR count). The highest BCUT2D eigenvalue weighted by molar-refractivity contribution is 8.15. The number of amides is 1. The Morgan fingerprint density at radius 1 is 1.16 bits per heavy atom. The van der Waals surface area contributed by atoms with E-state index in [4.69, 9.17) is 21.1 Å². The van der Waals surface area contributed by atoms with E-state index in [2.05, 4.69) is 4.99 Å². The van der Waals surface area contributed by atoms with Gasteiger partial charge in [0.1, 0.15) is 0 Å². The summed E-state index contributed by atoms with van der Waals surface area (Å²) < 4.78 is 34.9. The van der Waals surface area contributed by atoms with Crippen LogP contribution in [0.1, 0.15) is 11.1 Å². The van der Waals surface area contributed by atoms with Gasteiger partial charge in [-0.25, -0.2) is 8.42 Å². The first-order chi connectivity index (χ1) is 15.3. The lowest BCUT2D eigenvalue weighted by atomic mass is 10.1. The summed E-state index contributed by atoms with van der Waals surface area (Å²) >= 11 is 7.69. The summed E-state index contributed by atoms with van der Waals surface area (Å²) in [6.45, 7) is 0.395. The average Bonchev–Trinajstić information content (AvgIpc) is 3.21. The van der Waals surface area contributed by atoms with Gasteiger partial charge < -0.3 is 14.4 Å². The van der Waals surface area contributed by atoms with E-state index in [1.807, 2.05) is 23.1 Å². The number of thioether (sulfide) groups is 1. The zero-order valence-electron chi connectivity index (χ0n) is 17.7. The van der Waals surface area contributed by atoms with Crippen molar-refractivity contribution in [1.82, 2.24) is 4.90 Å². The number of ether oxygens (including phenoxy) is 2. The van der Waals surface area contributed by atoms with Gasteiger partial charge in [-0.15, -0.1) is 0 Å². The third kappa shape index (κ3) is 4.89. The van der Waals surface area contributed by atoms with Gasteiger partial charge in [0.05, 0.1) is 38.2 Å².